The zero-order chi connectivity index (χ0) is 7.72. The van der Waals surface area contributed by atoms with Gasteiger partial charge in [-0.3, -0.25) is 4.79 Å². The Morgan fingerprint density at radius 2 is 1.91 bits per heavy atom. The van der Waals surface area contributed by atoms with E-state index in [0.29, 0.717) is 5.84 Å². The standard InChI is InChI=1S/C6H7FN2O.Na/c1-3-5(7)6(10)9-4(2)8-3;/h5H,1-2H3;. The van der Waals surface area contributed by atoms with Crippen LogP contribution in [0, 0.1) is 0 Å². The number of amidine groups is 1. The molecule has 11 heavy (non-hydrogen) atoms. The normalized spacial score (nSPS) is 23.5. The van der Waals surface area contributed by atoms with Crippen molar-refractivity contribution in [2.24, 2.45) is 9.98 Å². The largest absolute Gasteiger partial charge is 0.287 e. The third-order valence-electron chi connectivity index (χ3n) is 1.19. The number of aliphatic imine (C=N–C) groups is 2. The molecule has 1 amide bonds. The fourth-order valence-electron chi connectivity index (χ4n) is 0.732. The van der Waals surface area contributed by atoms with E-state index >= 15 is 0 Å². The molecule has 55 valence electrons. The van der Waals surface area contributed by atoms with Gasteiger partial charge in [0.05, 0.1) is 5.71 Å². The summed E-state index contributed by atoms with van der Waals surface area (Å²) >= 11 is 0. The Hall–Kier alpha value is -0.0600. The maximum atomic E-state index is 12.6. The van der Waals surface area contributed by atoms with E-state index < -0.39 is 12.1 Å². The summed E-state index contributed by atoms with van der Waals surface area (Å²) in [5, 5.41) is 0. The number of amides is 1. The second kappa shape index (κ2) is 4.09. The number of hydrogen-bond donors (Lipinski definition) is 0. The fraction of sp³-hybridized carbons (Fsp3) is 0.500. The van der Waals surface area contributed by atoms with Gasteiger partial charge < -0.3 is 0 Å². The van der Waals surface area contributed by atoms with Crippen LogP contribution in [-0.2, 0) is 4.79 Å². The van der Waals surface area contributed by atoms with Gasteiger partial charge in [0.15, 0.2) is 0 Å². The molecule has 0 saturated carbocycles. The van der Waals surface area contributed by atoms with Gasteiger partial charge in [-0.05, 0) is 13.8 Å². The Balaban J connectivity index is 0.000001000. The minimum atomic E-state index is -1.62. The first-order valence-corrected chi connectivity index (χ1v) is 2.89. The van der Waals surface area contributed by atoms with Crippen LogP contribution in [-0.4, -0.2) is 53.2 Å². The summed E-state index contributed by atoms with van der Waals surface area (Å²) in [6, 6.07) is 0. The maximum absolute atomic E-state index is 12.6. The second-order valence-electron chi connectivity index (χ2n) is 2.11. The molecule has 0 fully saturated rings. The first-order chi connectivity index (χ1) is 4.61. The summed E-state index contributed by atoms with van der Waals surface area (Å²) < 4.78 is 12.6. The van der Waals surface area contributed by atoms with Gasteiger partial charge >= 0.3 is 0 Å². The summed E-state index contributed by atoms with van der Waals surface area (Å²) in [6.45, 7) is 3.04. The molecule has 0 aromatic heterocycles. The van der Waals surface area contributed by atoms with Crippen molar-refractivity contribution in [1.29, 1.82) is 0 Å². The minimum absolute atomic E-state index is 0. The number of nitrogens with zero attached hydrogens (tertiary/aromatic N) is 2. The van der Waals surface area contributed by atoms with Crippen molar-refractivity contribution in [3.8, 4) is 0 Å². The van der Waals surface area contributed by atoms with Gasteiger partial charge in [-0.25, -0.2) is 9.38 Å². The molecule has 0 N–H and O–H groups in total. The summed E-state index contributed by atoms with van der Waals surface area (Å²) in [5.41, 5.74) is 0.192. The molecule has 1 unspecified atom stereocenters. The molecule has 0 aliphatic carbocycles. The smallest absolute Gasteiger partial charge is 0.269 e. The van der Waals surface area contributed by atoms with Gasteiger partial charge in [0.2, 0.25) is 6.17 Å². The molecule has 1 radical (unpaired) electrons. The third-order valence-corrected chi connectivity index (χ3v) is 1.19. The number of carbonyl (C=O) groups is 1. The number of carbonyl (C=O) groups excluding carboxylic acids is 1. The Morgan fingerprint density at radius 1 is 1.36 bits per heavy atom. The summed E-state index contributed by atoms with van der Waals surface area (Å²) in [7, 11) is 0. The van der Waals surface area contributed by atoms with Crippen molar-refractivity contribution in [1.82, 2.24) is 0 Å². The molecule has 3 nitrogen and oxygen atoms in total. The van der Waals surface area contributed by atoms with E-state index in [0.717, 1.165) is 0 Å². The van der Waals surface area contributed by atoms with Crippen LogP contribution in [0.5, 0.6) is 0 Å². The minimum Gasteiger partial charge on any atom is -0.269 e. The molecule has 0 spiro atoms. The Bertz CT molecular complexity index is 237. The molecule has 0 aromatic carbocycles. The average molecular weight is 165 g/mol. The van der Waals surface area contributed by atoms with E-state index in [2.05, 4.69) is 9.98 Å². The van der Waals surface area contributed by atoms with Crippen molar-refractivity contribution < 1.29 is 9.18 Å². The molecular formula is C6H7FN2NaO. The first-order valence-electron chi connectivity index (χ1n) is 2.89. The molecule has 0 bridgehead atoms. The average Bonchev–Trinajstić information content (AvgIpc) is 1.82. The van der Waals surface area contributed by atoms with Gasteiger partial charge in [0, 0.05) is 29.6 Å². The summed E-state index contributed by atoms with van der Waals surface area (Å²) in [6.07, 6.45) is -1.62. The van der Waals surface area contributed by atoms with Crippen LogP contribution in [0.25, 0.3) is 0 Å². The van der Waals surface area contributed by atoms with E-state index in [9.17, 15) is 9.18 Å². The Labute approximate surface area is 86.1 Å². The van der Waals surface area contributed by atoms with Crippen molar-refractivity contribution in [2.75, 3.05) is 0 Å². The SMILES string of the molecule is CC1=NC(=O)C(F)C(C)=N1.[Na]. The van der Waals surface area contributed by atoms with Crippen LogP contribution in [0.1, 0.15) is 13.8 Å². The first kappa shape index (κ1) is 10.9. The Kier molecular flexibility index (Phi) is 4.07. The summed E-state index contributed by atoms with van der Waals surface area (Å²) in [4.78, 5) is 17.6. The Morgan fingerprint density at radius 3 is 2.36 bits per heavy atom. The topological polar surface area (TPSA) is 41.8 Å². The number of hydrogen-bond acceptors (Lipinski definition) is 2. The van der Waals surface area contributed by atoms with Crippen LogP contribution in [0.4, 0.5) is 4.39 Å². The molecule has 1 aliphatic heterocycles. The molecule has 1 rings (SSSR count). The van der Waals surface area contributed by atoms with E-state index in [1.54, 1.807) is 6.92 Å². The number of halogens is 1. The predicted octanol–water partition coefficient (Wildman–Crippen LogP) is 0.363. The van der Waals surface area contributed by atoms with Gasteiger partial charge in [-0.1, -0.05) is 0 Å². The van der Waals surface area contributed by atoms with Crippen LogP contribution >= 0.6 is 0 Å². The molecule has 5 heteroatoms. The quantitative estimate of drug-likeness (QED) is 0.478. The molecule has 1 aliphatic rings. The third kappa shape index (κ3) is 2.47. The molecule has 0 saturated heterocycles. The zero-order valence-corrected chi connectivity index (χ0v) is 8.76. The molecule has 1 heterocycles. The van der Waals surface area contributed by atoms with Crippen LogP contribution in [0.2, 0.25) is 0 Å². The van der Waals surface area contributed by atoms with E-state index in [1.165, 1.54) is 6.92 Å². The van der Waals surface area contributed by atoms with Gasteiger partial charge in [0.1, 0.15) is 5.84 Å². The summed E-state index contributed by atoms with van der Waals surface area (Å²) in [5.74, 6) is -0.415. The second-order valence-corrected chi connectivity index (χ2v) is 2.11. The molecule has 1 atom stereocenters. The van der Waals surface area contributed by atoms with Gasteiger partial charge in [0.25, 0.3) is 5.91 Å². The monoisotopic (exact) mass is 165 g/mol. The molecular weight excluding hydrogens is 158 g/mol. The van der Waals surface area contributed by atoms with Gasteiger partial charge in [-0.15, -0.1) is 0 Å². The maximum Gasteiger partial charge on any atom is 0.287 e. The van der Waals surface area contributed by atoms with Crippen LogP contribution in [0.3, 0.4) is 0 Å². The van der Waals surface area contributed by atoms with Crippen molar-refractivity contribution in [3.05, 3.63) is 0 Å². The van der Waals surface area contributed by atoms with Gasteiger partial charge in [-0.2, -0.15) is 4.99 Å². The van der Waals surface area contributed by atoms with E-state index in [1.807, 2.05) is 0 Å². The number of rotatable bonds is 0. The fourth-order valence-corrected chi connectivity index (χ4v) is 0.732. The molecule has 0 aromatic rings. The van der Waals surface area contributed by atoms with E-state index in [4.69, 9.17) is 0 Å². The predicted molar refractivity (Wildman–Crippen MR) is 41.9 cm³/mol. The van der Waals surface area contributed by atoms with Crippen molar-refractivity contribution in [2.45, 2.75) is 20.0 Å². The van der Waals surface area contributed by atoms with Crippen LogP contribution in [0.15, 0.2) is 9.98 Å². The van der Waals surface area contributed by atoms with Crippen molar-refractivity contribution in [3.63, 3.8) is 0 Å². The van der Waals surface area contributed by atoms with Crippen LogP contribution < -0.4 is 0 Å². The van der Waals surface area contributed by atoms with E-state index in [-0.39, 0.29) is 35.3 Å². The zero-order valence-electron chi connectivity index (χ0n) is 6.76. The van der Waals surface area contributed by atoms with Crippen molar-refractivity contribution >= 4 is 47.0 Å². The number of alkyl halides is 1.